The number of ether oxygens (including phenoxy) is 1. The van der Waals surface area contributed by atoms with E-state index in [0.29, 0.717) is 24.6 Å². The summed E-state index contributed by atoms with van der Waals surface area (Å²) >= 11 is 0. The number of likely N-dealkylation sites (N-methyl/N-ethyl adjacent to an activating group) is 1. The van der Waals surface area contributed by atoms with Gasteiger partial charge in [-0.1, -0.05) is 42.0 Å². The van der Waals surface area contributed by atoms with Crippen molar-refractivity contribution in [3.63, 3.8) is 0 Å². The topological polar surface area (TPSA) is 96.0 Å². The molecule has 0 radical (unpaired) electrons. The van der Waals surface area contributed by atoms with Crippen LogP contribution >= 0.6 is 0 Å². The lowest BCUT2D eigenvalue weighted by Crippen LogP contribution is -2.51. The second-order valence-electron chi connectivity index (χ2n) is 9.27. The minimum atomic E-state index is -4.13. The van der Waals surface area contributed by atoms with E-state index in [9.17, 15) is 18.0 Å². The van der Waals surface area contributed by atoms with Gasteiger partial charge in [-0.2, -0.15) is 0 Å². The predicted octanol–water partition coefficient (Wildman–Crippen LogP) is 4.45. The fraction of sp³-hybridized carbons (Fsp3) is 0.333. The Hall–Kier alpha value is -3.85. The predicted molar refractivity (Wildman–Crippen MR) is 153 cm³/mol. The molecule has 1 N–H and O–H groups in total. The summed E-state index contributed by atoms with van der Waals surface area (Å²) in [5.41, 5.74) is 3.15. The highest BCUT2D eigenvalue weighted by Gasteiger charge is 2.32. The van der Waals surface area contributed by atoms with Gasteiger partial charge in [0.05, 0.1) is 17.2 Å². The number of benzene rings is 3. The van der Waals surface area contributed by atoms with Crippen molar-refractivity contribution in [1.29, 1.82) is 0 Å². The van der Waals surface area contributed by atoms with Gasteiger partial charge in [0.25, 0.3) is 10.0 Å². The number of sulfonamides is 1. The van der Waals surface area contributed by atoms with E-state index >= 15 is 0 Å². The first-order chi connectivity index (χ1) is 18.6. The maximum Gasteiger partial charge on any atom is 0.264 e. The van der Waals surface area contributed by atoms with E-state index in [1.54, 1.807) is 50.2 Å². The zero-order chi connectivity index (χ0) is 28.6. The second-order valence-corrected chi connectivity index (χ2v) is 11.1. The van der Waals surface area contributed by atoms with Gasteiger partial charge in [0.2, 0.25) is 11.8 Å². The van der Waals surface area contributed by atoms with Crippen molar-refractivity contribution in [3.8, 4) is 5.75 Å². The summed E-state index contributed by atoms with van der Waals surface area (Å²) in [7, 11) is -4.13. The van der Waals surface area contributed by atoms with Gasteiger partial charge in [0.15, 0.2) is 0 Å². The Labute approximate surface area is 231 Å². The largest absolute Gasteiger partial charge is 0.494 e. The lowest BCUT2D eigenvalue weighted by atomic mass is 10.1. The van der Waals surface area contributed by atoms with Gasteiger partial charge < -0.3 is 15.0 Å². The van der Waals surface area contributed by atoms with Gasteiger partial charge in [-0.25, -0.2) is 8.42 Å². The summed E-state index contributed by atoms with van der Waals surface area (Å²) in [5, 5.41) is 2.77. The number of amides is 2. The monoisotopic (exact) mass is 551 g/mol. The third kappa shape index (κ3) is 7.38. The zero-order valence-electron chi connectivity index (χ0n) is 23.2. The van der Waals surface area contributed by atoms with Crippen molar-refractivity contribution >= 4 is 27.5 Å². The normalized spacial score (nSPS) is 11.9. The van der Waals surface area contributed by atoms with Crippen LogP contribution in [0.2, 0.25) is 0 Å². The average Bonchev–Trinajstić information content (AvgIpc) is 2.92. The van der Waals surface area contributed by atoms with Crippen molar-refractivity contribution in [2.45, 2.75) is 52.1 Å². The Kier molecular flexibility index (Phi) is 10.1. The molecule has 0 spiro atoms. The highest BCUT2D eigenvalue weighted by Crippen LogP contribution is 2.26. The summed E-state index contributed by atoms with van der Waals surface area (Å²) in [4.78, 5) is 28.2. The molecule has 0 unspecified atom stereocenters. The third-order valence-electron chi connectivity index (χ3n) is 6.44. The first-order valence-electron chi connectivity index (χ1n) is 13.0. The molecule has 2 amide bonds. The van der Waals surface area contributed by atoms with Crippen LogP contribution in [0.3, 0.4) is 0 Å². The van der Waals surface area contributed by atoms with Crippen molar-refractivity contribution in [3.05, 3.63) is 89.5 Å². The van der Waals surface area contributed by atoms with Crippen LogP contribution in [0.15, 0.2) is 77.7 Å². The van der Waals surface area contributed by atoms with E-state index in [-0.39, 0.29) is 17.3 Å². The summed E-state index contributed by atoms with van der Waals surface area (Å²) < 4.78 is 34.3. The van der Waals surface area contributed by atoms with Gasteiger partial charge in [-0.3, -0.25) is 13.9 Å². The van der Waals surface area contributed by atoms with Crippen LogP contribution in [-0.2, 0) is 26.2 Å². The lowest BCUT2D eigenvalue weighted by molar-refractivity contribution is -0.139. The molecule has 9 heteroatoms. The maximum atomic E-state index is 13.9. The minimum absolute atomic E-state index is 0.0292. The number of rotatable bonds is 12. The van der Waals surface area contributed by atoms with Gasteiger partial charge in [0.1, 0.15) is 18.3 Å². The van der Waals surface area contributed by atoms with Crippen LogP contribution in [0, 0.1) is 13.8 Å². The van der Waals surface area contributed by atoms with E-state index in [1.165, 1.54) is 17.0 Å². The van der Waals surface area contributed by atoms with Gasteiger partial charge in [-0.05, 0) is 82.1 Å². The van der Waals surface area contributed by atoms with Crippen LogP contribution in [-0.4, -0.2) is 50.9 Å². The summed E-state index contributed by atoms with van der Waals surface area (Å²) in [6.07, 6.45) is 0. The zero-order valence-corrected chi connectivity index (χ0v) is 24.0. The molecule has 0 heterocycles. The molecule has 3 aromatic carbocycles. The van der Waals surface area contributed by atoms with Gasteiger partial charge >= 0.3 is 0 Å². The van der Waals surface area contributed by atoms with Crippen molar-refractivity contribution in [2.75, 3.05) is 24.0 Å². The molecule has 8 nitrogen and oxygen atoms in total. The van der Waals surface area contributed by atoms with E-state index in [1.807, 2.05) is 45.0 Å². The Balaban J connectivity index is 2.02. The van der Waals surface area contributed by atoms with E-state index in [0.717, 1.165) is 21.0 Å². The number of carbonyl (C=O) groups is 2. The number of nitrogens with zero attached hydrogens (tertiary/aromatic N) is 2. The number of nitrogens with one attached hydrogen (secondary N) is 1. The Morgan fingerprint density at radius 2 is 1.56 bits per heavy atom. The molecule has 0 aliphatic rings. The molecule has 0 saturated heterocycles. The van der Waals surface area contributed by atoms with E-state index in [2.05, 4.69) is 5.32 Å². The molecule has 0 aromatic heterocycles. The lowest BCUT2D eigenvalue weighted by Gasteiger charge is -2.32. The van der Waals surface area contributed by atoms with Gasteiger partial charge in [0, 0.05) is 13.1 Å². The SMILES string of the molecule is CCNC(=O)[C@@H](C)N(Cc1ccccc1C)C(=O)CN(c1ccc(C)cc1)S(=O)(=O)c1ccc(OCC)cc1. The highest BCUT2D eigenvalue weighted by molar-refractivity contribution is 7.92. The summed E-state index contributed by atoms with van der Waals surface area (Å²) in [6, 6.07) is 19.8. The standard InChI is InChI=1S/C30H37N3O5S/c1-6-31-30(35)24(5)32(20-25-11-9-8-10-23(25)4)29(34)21-33(26-14-12-22(3)13-15-26)39(36,37)28-18-16-27(17-19-28)38-7-2/h8-19,24H,6-7,20-21H2,1-5H3,(H,31,35)/t24-/m1/s1. The van der Waals surface area contributed by atoms with E-state index < -0.39 is 28.5 Å². The molecule has 3 rings (SSSR count). The molecule has 0 aliphatic heterocycles. The summed E-state index contributed by atoms with van der Waals surface area (Å²) in [6.45, 7) is 9.69. The molecule has 208 valence electrons. The summed E-state index contributed by atoms with van der Waals surface area (Å²) in [5.74, 6) is -0.252. The van der Waals surface area contributed by atoms with Crippen molar-refractivity contribution < 1.29 is 22.7 Å². The Bertz CT molecular complexity index is 1370. The quantitative estimate of drug-likeness (QED) is 0.359. The number of carbonyl (C=O) groups excluding carboxylic acids is 2. The fourth-order valence-corrected chi connectivity index (χ4v) is 5.53. The first-order valence-corrected chi connectivity index (χ1v) is 14.5. The first kappa shape index (κ1) is 29.7. The number of hydrogen-bond donors (Lipinski definition) is 1. The number of anilines is 1. The van der Waals surface area contributed by atoms with Crippen LogP contribution < -0.4 is 14.4 Å². The highest BCUT2D eigenvalue weighted by atomic mass is 32.2. The van der Waals surface area contributed by atoms with Crippen molar-refractivity contribution in [1.82, 2.24) is 10.2 Å². The smallest absolute Gasteiger partial charge is 0.264 e. The number of aryl methyl sites for hydroxylation is 2. The molecule has 0 aliphatic carbocycles. The molecule has 0 saturated carbocycles. The number of hydrogen-bond acceptors (Lipinski definition) is 5. The van der Waals surface area contributed by atoms with Crippen LogP contribution in [0.5, 0.6) is 5.75 Å². The third-order valence-corrected chi connectivity index (χ3v) is 8.23. The molecule has 39 heavy (non-hydrogen) atoms. The molecule has 1 atom stereocenters. The molecular weight excluding hydrogens is 514 g/mol. The minimum Gasteiger partial charge on any atom is -0.494 e. The molecule has 0 fully saturated rings. The van der Waals surface area contributed by atoms with Crippen molar-refractivity contribution in [2.24, 2.45) is 0 Å². The van der Waals surface area contributed by atoms with Crippen LogP contribution in [0.4, 0.5) is 5.69 Å². The Morgan fingerprint density at radius 1 is 0.923 bits per heavy atom. The second kappa shape index (κ2) is 13.3. The molecule has 3 aromatic rings. The average molecular weight is 552 g/mol. The molecular formula is C30H37N3O5S. The fourth-order valence-electron chi connectivity index (χ4n) is 4.12. The van der Waals surface area contributed by atoms with E-state index in [4.69, 9.17) is 4.74 Å². The Morgan fingerprint density at radius 3 is 2.15 bits per heavy atom. The van der Waals surface area contributed by atoms with Gasteiger partial charge in [-0.15, -0.1) is 0 Å². The van der Waals surface area contributed by atoms with Crippen LogP contribution in [0.1, 0.15) is 37.5 Å². The maximum absolute atomic E-state index is 13.9. The molecule has 0 bridgehead atoms. The van der Waals surface area contributed by atoms with Crippen LogP contribution in [0.25, 0.3) is 0 Å².